The van der Waals surface area contributed by atoms with Crippen molar-refractivity contribution in [3.8, 4) is 0 Å². The van der Waals surface area contributed by atoms with Gasteiger partial charge in [0, 0.05) is 17.0 Å². The van der Waals surface area contributed by atoms with E-state index in [0.717, 1.165) is 11.4 Å². The van der Waals surface area contributed by atoms with Gasteiger partial charge in [0.15, 0.2) is 0 Å². The first-order chi connectivity index (χ1) is 9.05. The first-order valence-corrected chi connectivity index (χ1v) is 6.93. The summed E-state index contributed by atoms with van der Waals surface area (Å²) in [6, 6.07) is 16.5. The van der Waals surface area contributed by atoms with Crippen LogP contribution in [0.1, 0.15) is 23.6 Å². The topological polar surface area (TPSA) is 26.0 Å². The van der Waals surface area contributed by atoms with Crippen LogP contribution in [0.4, 0.5) is 0 Å². The predicted octanol–water partition coefficient (Wildman–Crippen LogP) is 4.11. The molecule has 0 saturated carbocycles. The Labute approximate surface area is 120 Å². The third-order valence-electron chi connectivity index (χ3n) is 3.81. The second-order valence-electron chi connectivity index (χ2n) is 5.38. The van der Waals surface area contributed by atoms with Crippen LogP contribution in [0.3, 0.4) is 0 Å². The lowest BCUT2D eigenvalue weighted by molar-refractivity contribution is 0.480. The lowest BCUT2D eigenvalue weighted by Gasteiger charge is -2.29. The lowest BCUT2D eigenvalue weighted by Crippen LogP contribution is -2.34. The Morgan fingerprint density at radius 3 is 2.47 bits per heavy atom. The fourth-order valence-corrected chi connectivity index (χ4v) is 2.58. The molecular formula is C17H20ClN. The van der Waals surface area contributed by atoms with E-state index in [1.807, 2.05) is 18.2 Å². The molecule has 0 bridgehead atoms. The molecule has 2 N–H and O–H groups in total. The van der Waals surface area contributed by atoms with Crippen molar-refractivity contribution in [1.29, 1.82) is 0 Å². The zero-order valence-electron chi connectivity index (χ0n) is 11.5. The van der Waals surface area contributed by atoms with Crippen molar-refractivity contribution in [2.24, 2.45) is 5.73 Å². The molecule has 0 aliphatic heterocycles. The van der Waals surface area contributed by atoms with Gasteiger partial charge < -0.3 is 5.73 Å². The number of rotatable bonds is 4. The molecule has 1 unspecified atom stereocenters. The van der Waals surface area contributed by atoms with Crippen LogP contribution in [0.25, 0.3) is 0 Å². The number of benzene rings is 2. The van der Waals surface area contributed by atoms with Crippen LogP contribution in [0.2, 0.25) is 5.02 Å². The number of aryl methyl sites for hydroxylation is 1. The molecule has 0 aromatic heterocycles. The van der Waals surface area contributed by atoms with Crippen LogP contribution in [0.5, 0.6) is 0 Å². The van der Waals surface area contributed by atoms with Gasteiger partial charge in [0.25, 0.3) is 0 Å². The van der Waals surface area contributed by atoms with Crippen molar-refractivity contribution >= 4 is 11.6 Å². The van der Waals surface area contributed by atoms with Gasteiger partial charge in [-0.05, 0) is 42.2 Å². The quantitative estimate of drug-likeness (QED) is 0.891. The van der Waals surface area contributed by atoms with Gasteiger partial charge in [-0.15, -0.1) is 0 Å². The predicted molar refractivity (Wildman–Crippen MR) is 82.7 cm³/mol. The molecule has 2 aromatic carbocycles. The normalized spacial score (nSPS) is 14.1. The SMILES string of the molecule is Cc1ccccc1CC(C)(CN)c1cccc(Cl)c1. The molecule has 19 heavy (non-hydrogen) atoms. The van der Waals surface area contributed by atoms with E-state index in [9.17, 15) is 0 Å². The number of halogens is 1. The Balaban J connectivity index is 2.36. The first-order valence-electron chi connectivity index (χ1n) is 6.56. The zero-order chi connectivity index (χ0) is 13.9. The minimum Gasteiger partial charge on any atom is -0.330 e. The highest BCUT2D eigenvalue weighted by molar-refractivity contribution is 6.30. The second-order valence-corrected chi connectivity index (χ2v) is 5.81. The molecule has 2 rings (SSSR count). The fourth-order valence-electron chi connectivity index (χ4n) is 2.38. The Morgan fingerprint density at radius 1 is 1.11 bits per heavy atom. The summed E-state index contributed by atoms with van der Waals surface area (Å²) in [5.41, 5.74) is 9.81. The van der Waals surface area contributed by atoms with Gasteiger partial charge in [-0.3, -0.25) is 0 Å². The van der Waals surface area contributed by atoms with E-state index in [0.29, 0.717) is 6.54 Å². The maximum atomic E-state index is 6.10. The van der Waals surface area contributed by atoms with Crippen LogP contribution >= 0.6 is 11.6 Å². The van der Waals surface area contributed by atoms with Crippen molar-refractivity contribution in [1.82, 2.24) is 0 Å². The van der Waals surface area contributed by atoms with Crippen molar-refractivity contribution in [3.05, 3.63) is 70.2 Å². The molecular weight excluding hydrogens is 254 g/mol. The second kappa shape index (κ2) is 5.77. The minimum absolute atomic E-state index is 0.0863. The molecule has 0 heterocycles. The lowest BCUT2D eigenvalue weighted by atomic mass is 9.76. The van der Waals surface area contributed by atoms with Crippen molar-refractivity contribution < 1.29 is 0 Å². The molecule has 0 fully saturated rings. The molecule has 2 aromatic rings. The standard InChI is InChI=1S/C17H20ClN/c1-13-6-3-4-7-14(13)11-17(2,12-19)15-8-5-9-16(18)10-15/h3-10H,11-12,19H2,1-2H3. The Morgan fingerprint density at radius 2 is 1.84 bits per heavy atom. The summed E-state index contributed by atoms with van der Waals surface area (Å²) in [5.74, 6) is 0. The average molecular weight is 274 g/mol. The Kier molecular flexibility index (Phi) is 4.28. The summed E-state index contributed by atoms with van der Waals surface area (Å²) >= 11 is 6.10. The molecule has 100 valence electrons. The highest BCUT2D eigenvalue weighted by atomic mass is 35.5. The summed E-state index contributed by atoms with van der Waals surface area (Å²) in [6.07, 6.45) is 0.927. The van der Waals surface area contributed by atoms with Gasteiger partial charge in [-0.25, -0.2) is 0 Å². The maximum Gasteiger partial charge on any atom is 0.0408 e. The summed E-state index contributed by atoms with van der Waals surface area (Å²) in [7, 11) is 0. The van der Waals surface area contributed by atoms with Gasteiger partial charge in [0.05, 0.1) is 0 Å². The molecule has 0 radical (unpaired) electrons. The van der Waals surface area contributed by atoms with E-state index in [1.54, 1.807) is 0 Å². The summed E-state index contributed by atoms with van der Waals surface area (Å²) in [4.78, 5) is 0. The van der Waals surface area contributed by atoms with Gasteiger partial charge in [-0.1, -0.05) is 54.9 Å². The fraction of sp³-hybridized carbons (Fsp3) is 0.294. The Hall–Kier alpha value is -1.31. The number of nitrogens with two attached hydrogens (primary N) is 1. The van der Waals surface area contributed by atoms with Gasteiger partial charge in [0.2, 0.25) is 0 Å². The monoisotopic (exact) mass is 273 g/mol. The largest absolute Gasteiger partial charge is 0.330 e. The van der Waals surface area contributed by atoms with Crippen molar-refractivity contribution in [3.63, 3.8) is 0 Å². The van der Waals surface area contributed by atoms with E-state index in [2.05, 4.69) is 44.2 Å². The summed E-state index contributed by atoms with van der Waals surface area (Å²) < 4.78 is 0. The third kappa shape index (κ3) is 3.17. The molecule has 1 nitrogen and oxygen atoms in total. The van der Waals surface area contributed by atoms with Crippen molar-refractivity contribution in [2.75, 3.05) is 6.54 Å². The van der Waals surface area contributed by atoms with Gasteiger partial charge in [0.1, 0.15) is 0 Å². The van der Waals surface area contributed by atoms with Crippen molar-refractivity contribution in [2.45, 2.75) is 25.7 Å². The van der Waals surface area contributed by atoms with Crippen LogP contribution < -0.4 is 5.73 Å². The third-order valence-corrected chi connectivity index (χ3v) is 4.05. The zero-order valence-corrected chi connectivity index (χ0v) is 12.2. The minimum atomic E-state index is -0.0863. The molecule has 0 saturated heterocycles. The van der Waals surface area contributed by atoms with E-state index in [1.165, 1.54) is 16.7 Å². The van der Waals surface area contributed by atoms with Crippen LogP contribution in [-0.2, 0) is 11.8 Å². The maximum absolute atomic E-state index is 6.10. The first kappa shape index (κ1) is 14.1. The van der Waals surface area contributed by atoms with E-state index >= 15 is 0 Å². The van der Waals surface area contributed by atoms with E-state index in [-0.39, 0.29) is 5.41 Å². The van der Waals surface area contributed by atoms with Crippen LogP contribution in [0.15, 0.2) is 48.5 Å². The summed E-state index contributed by atoms with van der Waals surface area (Å²) in [5, 5.41) is 0.766. The van der Waals surface area contributed by atoms with Crippen LogP contribution in [-0.4, -0.2) is 6.54 Å². The molecule has 1 atom stereocenters. The number of hydrogen-bond donors (Lipinski definition) is 1. The highest BCUT2D eigenvalue weighted by Gasteiger charge is 2.26. The van der Waals surface area contributed by atoms with E-state index in [4.69, 9.17) is 17.3 Å². The highest BCUT2D eigenvalue weighted by Crippen LogP contribution is 2.30. The molecule has 2 heteroatoms. The molecule has 0 amide bonds. The Bertz CT molecular complexity index is 565. The molecule has 0 aliphatic carbocycles. The average Bonchev–Trinajstić information content (AvgIpc) is 2.41. The van der Waals surface area contributed by atoms with Gasteiger partial charge >= 0.3 is 0 Å². The van der Waals surface area contributed by atoms with Gasteiger partial charge in [-0.2, -0.15) is 0 Å². The smallest absolute Gasteiger partial charge is 0.0408 e. The van der Waals surface area contributed by atoms with Crippen LogP contribution in [0, 0.1) is 6.92 Å². The molecule has 0 spiro atoms. The molecule has 0 aliphatic rings. The van der Waals surface area contributed by atoms with E-state index < -0.39 is 0 Å². The summed E-state index contributed by atoms with van der Waals surface area (Å²) in [6.45, 7) is 4.94. The number of hydrogen-bond acceptors (Lipinski definition) is 1.